The molecule has 0 amide bonds. The monoisotopic (exact) mass is 125 g/mol. The summed E-state index contributed by atoms with van der Waals surface area (Å²) in [6.45, 7) is 4.46. The third kappa shape index (κ3) is 2.19. The van der Waals surface area contributed by atoms with Crippen molar-refractivity contribution in [3.63, 3.8) is 0 Å². The van der Waals surface area contributed by atoms with Crippen LogP contribution in [0.25, 0.3) is 0 Å². The molecule has 0 heterocycles. The Morgan fingerprint density at radius 3 is 2.67 bits per heavy atom. The Kier molecular flexibility index (Phi) is 2.78. The summed E-state index contributed by atoms with van der Waals surface area (Å²) < 4.78 is 0. The van der Waals surface area contributed by atoms with Crippen LogP contribution in [-0.4, -0.2) is 13.1 Å². The van der Waals surface area contributed by atoms with Gasteiger partial charge in [0.05, 0.1) is 0 Å². The minimum absolute atomic E-state index is 0.893. The minimum Gasteiger partial charge on any atom is -0.317 e. The molecule has 1 aliphatic carbocycles. The number of hydrogen-bond acceptors (Lipinski definition) is 1. The van der Waals surface area contributed by atoms with Gasteiger partial charge in [0.2, 0.25) is 0 Å². The average Bonchev–Trinajstić information content (AvgIpc) is 2.34. The lowest BCUT2D eigenvalue weighted by Gasteiger charge is -2.07. The molecule has 0 unspecified atom stereocenters. The minimum atomic E-state index is 0.893. The molecule has 0 saturated carbocycles. The summed E-state index contributed by atoms with van der Waals surface area (Å²) in [7, 11) is 0. The Hall–Kier alpha value is -0.300. The SMILES string of the molecule is CCNCC1CC=CC1. The van der Waals surface area contributed by atoms with E-state index in [-0.39, 0.29) is 0 Å². The second kappa shape index (κ2) is 3.67. The first-order chi connectivity index (χ1) is 4.43. The highest BCUT2D eigenvalue weighted by atomic mass is 14.8. The summed E-state index contributed by atoms with van der Waals surface area (Å²) in [6.07, 6.45) is 7.13. The Morgan fingerprint density at radius 1 is 1.44 bits per heavy atom. The Labute approximate surface area is 57.1 Å². The van der Waals surface area contributed by atoms with E-state index in [9.17, 15) is 0 Å². The van der Waals surface area contributed by atoms with Crippen molar-refractivity contribution in [2.24, 2.45) is 5.92 Å². The van der Waals surface area contributed by atoms with Gasteiger partial charge in [-0.3, -0.25) is 0 Å². The predicted octanol–water partition coefficient (Wildman–Crippen LogP) is 1.56. The Bertz CT molecular complexity index is 88.7. The highest BCUT2D eigenvalue weighted by molar-refractivity contribution is 4.94. The van der Waals surface area contributed by atoms with Crippen molar-refractivity contribution in [1.82, 2.24) is 5.32 Å². The highest BCUT2D eigenvalue weighted by Gasteiger charge is 2.07. The zero-order valence-electron chi connectivity index (χ0n) is 6.06. The first-order valence-corrected chi connectivity index (χ1v) is 3.79. The number of allylic oxidation sites excluding steroid dienone is 2. The predicted molar refractivity (Wildman–Crippen MR) is 40.4 cm³/mol. The Balaban J connectivity index is 2.01. The topological polar surface area (TPSA) is 12.0 Å². The molecule has 9 heavy (non-hydrogen) atoms. The molecule has 1 nitrogen and oxygen atoms in total. The zero-order valence-corrected chi connectivity index (χ0v) is 6.06. The normalized spacial score (nSPS) is 19.2. The number of rotatable bonds is 3. The second-order valence-electron chi connectivity index (χ2n) is 2.62. The van der Waals surface area contributed by atoms with Gasteiger partial charge in [-0.2, -0.15) is 0 Å². The van der Waals surface area contributed by atoms with E-state index in [4.69, 9.17) is 0 Å². The molecule has 0 aromatic carbocycles. The molecule has 0 atom stereocenters. The van der Waals surface area contributed by atoms with Crippen molar-refractivity contribution in [3.8, 4) is 0 Å². The quantitative estimate of drug-likeness (QED) is 0.564. The van der Waals surface area contributed by atoms with Crippen LogP contribution < -0.4 is 5.32 Å². The second-order valence-corrected chi connectivity index (χ2v) is 2.62. The average molecular weight is 125 g/mol. The van der Waals surface area contributed by atoms with Crippen molar-refractivity contribution in [2.75, 3.05) is 13.1 Å². The summed E-state index contributed by atoms with van der Waals surface area (Å²) >= 11 is 0. The lowest BCUT2D eigenvalue weighted by atomic mass is 10.1. The molecule has 0 spiro atoms. The van der Waals surface area contributed by atoms with Crippen LogP contribution in [0.5, 0.6) is 0 Å². The highest BCUT2D eigenvalue weighted by Crippen LogP contribution is 2.15. The van der Waals surface area contributed by atoms with Crippen molar-refractivity contribution in [2.45, 2.75) is 19.8 Å². The van der Waals surface area contributed by atoms with Gasteiger partial charge in [0.25, 0.3) is 0 Å². The van der Waals surface area contributed by atoms with Gasteiger partial charge >= 0.3 is 0 Å². The van der Waals surface area contributed by atoms with Crippen LogP contribution in [-0.2, 0) is 0 Å². The van der Waals surface area contributed by atoms with Crippen molar-refractivity contribution in [1.29, 1.82) is 0 Å². The lowest BCUT2D eigenvalue weighted by molar-refractivity contribution is 0.514. The van der Waals surface area contributed by atoms with E-state index in [0.717, 1.165) is 12.5 Å². The maximum absolute atomic E-state index is 3.35. The molecule has 0 aromatic heterocycles. The molecular weight excluding hydrogens is 110 g/mol. The standard InChI is InChI=1S/C8H15N/c1-2-9-7-8-5-3-4-6-8/h3-4,8-9H,2,5-7H2,1H3. The third-order valence-electron chi connectivity index (χ3n) is 1.79. The van der Waals surface area contributed by atoms with E-state index in [1.165, 1.54) is 19.4 Å². The molecule has 0 bridgehead atoms. The van der Waals surface area contributed by atoms with Crippen LogP contribution in [0.3, 0.4) is 0 Å². The fourth-order valence-corrected chi connectivity index (χ4v) is 1.19. The van der Waals surface area contributed by atoms with Gasteiger partial charge < -0.3 is 5.32 Å². The summed E-state index contributed by atoms with van der Waals surface area (Å²) in [5.74, 6) is 0.893. The van der Waals surface area contributed by atoms with Crippen LogP contribution in [0.4, 0.5) is 0 Å². The molecular formula is C8H15N. The van der Waals surface area contributed by atoms with E-state index >= 15 is 0 Å². The van der Waals surface area contributed by atoms with E-state index in [2.05, 4.69) is 24.4 Å². The van der Waals surface area contributed by atoms with Gasteiger partial charge in [0.15, 0.2) is 0 Å². The largest absolute Gasteiger partial charge is 0.317 e. The summed E-state index contributed by atoms with van der Waals surface area (Å²) in [5.41, 5.74) is 0. The van der Waals surface area contributed by atoms with Gasteiger partial charge in [0.1, 0.15) is 0 Å². The molecule has 1 aliphatic rings. The molecule has 0 aliphatic heterocycles. The van der Waals surface area contributed by atoms with Crippen LogP contribution in [0.1, 0.15) is 19.8 Å². The molecule has 52 valence electrons. The summed E-state index contributed by atoms with van der Waals surface area (Å²) in [4.78, 5) is 0. The molecule has 0 radical (unpaired) electrons. The number of nitrogens with one attached hydrogen (secondary N) is 1. The van der Waals surface area contributed by atoms with Crippen LogP contribution in [0.2, 0.25) is 0 Å². The third-order valence-corrected chi connectivity index (χ3v) is 1.79. The van der Waals surface area contributed by atoms with Crippen molar-refractivity contribution in [3.05, 3.63) is 12.2 Å². The zero-order chi connectivity index (χ0) is 6.53. The molecule has 1 N–H and O–H groups in total. The first-order valence-electron chi connectivity index (χ1n) is 3.79. The van der Waals surface area contributed by atoms with Crippen LogP contribution in [0.15, 0.2) is 12.2 Å². The van der Waals surface area contributed by atoms with E-state index in [0.29, 0.717) is 0 Å². The van der Waals surface area contributed by atoms with Gasteiger partial charge in [0, 0.05) is 0 Å². The maximum atomic E-state index is 3.35. The van der Waals surface area contributed by atoms with Gasteiger partial charge in [-0.1, -0.05) is 19.1 Å². The molecule has 1 rings (SSSR count). The van der Waals surface area contributed by atoms with Gasteiger partial charge in [-0.25, -0.2) is 0 Å². The van der Waals surface area contributed by atoms with E-state index in [1.54, 1.807) is 0 Å². The summed E-state index contributed by atoms with van der Waals surface area (Å²) in [6, 6.07) is 0. The Morgan fingerprint density at radius 2 is 2.11 bits per heavy atom. The maximum Gasteiger partial charge on any atom is -0.00147 e. The van der Waals surface area contributed by atoms with Gasteiger partial charge in [-0.05, 0) is 31.8 Å². The number of hydrogen-bond donors (Lipinski definition) is 1. The lowest BCUT2D eigenvalue weighted by Crippen LogP contribution is -2.20. The van der Waals surface area contributed by atoms with Crippen LogP contribution >= 0.6 is 0 Å². The molecule has 0 saturated heterocycles. The first kappa shape index (κ1) is 6.81. The van der Waals surface area contributed by atoms with E-state index in [1.807, 2.05) is 0 Å². The molecule has 0 fully saturated rings. The fourth-order valence-electron chi connectivity index (χ4n) is 1.19. The molecule has 1 heteroatoms. The van der Waals surface area contributed by atoms with Crippen molar-refractivity contribution >= 4 is 0 Å². The smallest absolute Gasteiger partial charge is 0.00147 e. The van der Waals surface area contributed by atoms with Gasteiger partial charge in [-0.15, -0.1) is 0 Å². The van der Waals surface area contributed by atoms with Crippen LogP contribution in [0, 0.1) is 5.92 Å². The van der Waals surface area contributed by atoms with Crippen molar-refractivity contribution < 1.29 is 0 Å². The van der Waals surface area contributed by atoms with E-state index < -0.39 is 0 Å². The molecule has 0 aromatic rings. The fraction of sp³-hybridized carbons (Fsp3) is 0.750. The summed E-state index contributed by atoms with van der Waals surface area (Å²) in [5, 5.41) is 3.35.